The number of hydrogen-bond donors (Lipinski definition) is 2. The van der Waals surface area contributed by atoms with Gasteiger partial charge in [-0.3, -0.25) is 4.72 Å². The molecule has 0 aromatic carbocycles. The summed E-state index contributed by atoms with van der Waals surface area (Å²) in [7, 11) is -3.29. The van der Waals surface area contributed by atoms with Crippen LogP contribution in [0.4, 0.5) is 5.13 Å². The van der Waals surface area contributed by atoms with E-state index in [4.69, 9.17) is 0 Å². The van der Waals surface area contributed by atoms with Crippen molar-refractivity contribution >= 4 is 26.5 Å². The van der Waals surface area contributed by atoms with Crippen molar-refractivity contribution in [2.45, 2.75) is 32.8 Å². The molecule has 1 aromatic heterocycles. The van der Waals surface area contributed by atoms with Gasteiger partial charge < -0.3 is 5.11 Å². The van der Waals surface area contributed by atoms with Crippen molar-refractivity contribution in [2.75, 3.05) is 10.5 Å². The van der Waals surface area contributed by atoms with Gasteiger partial charge in [0.15, 0.2) is 5.13 Å². The molecule has 7 heteroatoms. The highest BCUT2D eigenvalue weighted by Crippen LogP contribution is 2.21. The van der Waals surface area contributed by atoms with Crippen molar-refractivity contribution in [1.29, 1.82) is 0 Å². The first-order chi connectivity index (χ1) is 7.44. The van der Waals surface area contributed by atoms with Gasteiger partial charge in [0, 0.05) is 5.38 Å². The van der Waals surface area contributed by atoms with Gasteiger partial charge in [0.1, 0.15) is 0 Å². The Morgan fingerprint density at radius 3 is 2.81 bits per heavy atom. The Hall–Kier alpha value is -0.660. The van der Waals surface area contributed by atoms with E-state index >= 15 is 0 Å². The molecule has 1 heterocycles. The van der Waals surface area contributed by atoms with Crippen molar-refractivity contribution in [3.8, 4) is 0 Å². The Morgan fingerprint density at radius 1 is 1.62 bits per heavy atom. The molecule has 0 saturated heterocycles. The van der Waals surface area contributed by atoms with Crippen LogP contribution in [0.3, 0.4) is 0 Å². The zero-order valence-electron chi connectivity index (χ0n) is 9.30. The highest BCUT2D eigenvalue weighted by atomic mass is 32.2. The number of thiazole rings is 1. The van der Waals surface area contributed by atoms with E-state index in [0.29, 0.717) is 17.2 Å². The summed E-state index contributed by atoms with van der Waals surface area (Å²) in [5, 5.41) is 11.2. The van der Waals surface area contributed by atoms with E-state index in [0.717, 1.165) is 6.42 Å². The van der Waals surface area contributed by atoms with Gasteiger partial charge in [0.2, 0.25) is 10.0 Å². The van der Waals surface area contributed by atoms with Crippen molar-refractivity contribution in [3.63, 3.8) is 0 Å². The van der Waals surface area contributed by atoms with Crippen LogP contribution in [0.15, 0.2) is 5.38 Å². The van der Waals surface area contributed by atoms with Crippen LogP contribution in [0.1, 0.15) is 38.5 Å². The molecular formula is C9H16N2O3S2. The number of sulfonamides is 1. The normalized spacial score (nSPS) is 13.7. The van der Waals surface area contributed by atoms with Crippen molar-refractivity contribution in [3.05, 3.63) is 11.1 Å². The van der Waals surface area contributed by atoms with Crippen molar-refractivity contribution in [1.82, 2.24) is 4.98 Å². The first-order valence-electron chi connectivity index (χ1n) is 5.08. The van der Waals surface area contributed by atoms with Gasteiger partial charge in [-0.1, -0.05) is 13.3 Å². The summed E-state index contributed by atoms with van der Waals surface area (Å²) in [4.78, 5) is 3.98. The number of rotatable bonds is 6. The lowest BCUT2D eigenvalue weighted by Crippen LogP contribution is -2.16. The van der Waals surface area contributed by atoms with Gasteiger partial charge >= 0.3 is 0 Å². The number of aliphatic hydroxyl groups is 1. The Bertz CT molecular complexity index is 426. The lowest BCUT2D eigenvalue weighted by Gasteiger charge is -2.03. The molecule has 0 fully saturated rings. The number of anilines is 1. The summed E-state index contributed by atoms with van der Waals surface area (Å²) in [6.07, 6.45) is 0.784. The average Bonchev–Trinajstić information content (AvgIpc) is 2.62. The minimum atomic E-state index is -3.29. The van der Waals surface area contributed by atoms with Gasteiger partial charge in [0.05, 0.1) is 17.6 Å². The number of nitrogens with one attached hydrogen (secondary N) is 1. The highest BCUT2D eigenvalue weighted by Gasteiger charge is 2.13. The van der Waals surface area contributed by atoms with E-state index in [1.165, 1.54) is 11.3 Å². The molecule has 16 heavy (non-hydrogen) atoms. The van der Waals surface area contributed by atoms with Crippen LogP contribution in [-0.4, -0.2) is 24.3 Å². The van der Waals surface area contributed by atoms with Gasteiger partial charge in [-0.05, 0) is 13.3 Å². The van der Waals surface area contributed by atoms with E-state index in [1.807, 2.05) is 6.92 Å². The van der Waals surface area contributed by atoms with Gasteiger partial charge in [-0.2, -0.15) is 0 Å². The van der Waals surface area contributed by atoms with Gasteiger partial charge in [-0.15, -0.1) is 11.3 Å². The lowest BCUT2D eigenvalue weighted by molar-refractivity contribution is 0.195. The van der Waals surface area contributed by atoms with E-state index < -0.39 is 16.1 Å². The minimum absolute atomic E-state index is 0.104. The maximum Gasteiger partial charge on any atom is 0.234 e. The van der Waals surface area contributed by atoms with Crippen LogP contribution < -0.4 is 4.72 Å². The number of hydrogen-bond acceptors (Lipinski definition) is 5. The van der Waals surface area contributed by atoms with Crippen LogP contribution in [-0.2, 0) is 10.0 Å². The van der Waals surface area contributed by atoms with E-state index in [2.05, 4.69) is 9.71 Å². The maximum absolute atomic E-state index is 11.5. The van der Waals surface area contributed by atoms with Crippen LogP contribution in [0.5, 0.6) is 0 Å². The molecule has 0 aliphatic heterocycles. The second-order valence-electron chi connectivity index (χ2n) is 3.53. The summed E-state index contributed by atoms with van der Waals surface area (Å²) in [5.74, 6) is 0.104. The molecule has 1 aromatic rings. The molecule has 0 saturated carbocycles. The fraction of sp³-hybridized carbons (Fsp3) is 0.667. The summed E-state index contributed by atoms with van der Waals surface area (Å²) in [6.45, 7) is 3.52. The first kappa shape index (κ1) is 13.4. The zero-order chi connectivity index (χ0) is 12.2. The predicted molar refractivity (Wildman–Crippen MR) is 65.1 cm³/mol. The molecule has 2 N–H and O–H groups in total. The molecule has 0 aliphatic rings. The topological polar surface area (TPSA) is 79.3 Å². The molecule has 0 bridgehead atoms. The molecule has 0 radical (unpaired) electrons. The third-order valence-corrected chi connectivity index (χ3v) is 4.20. The lowest BCUT2D eigenvalue weighted by atomic mass is 10.3. The van der Waals surface area contributed by atoms with Crippen LogP contribution >= 0.6 is 11.3 Å². The molecule has 1 rings (SSSR count). The Morgan fingerprint density at radius 2 is 2.31 bits per heavy atom. The standard InChI is InChI=1S/C9H16N2O3S2/c1-3-4-5-16(13,14)11-9-10-8(6-15-9)7(2)12/h6-7,12H,3-5H2,1-2H3,(H,10,11). The van der Waals surface area contributed by atoms with Gasteiger partial charge in [-0.25, -0.2) is 13.4 Å². The van der Waals surface area contributed by atoms with Crippen molar-refractivity contribution in [2.24, 2.45) is 0 Å². The van der Waals surface area contributed by atoms with E-state index in [9.17, 15) is 13.5 Å². The summed E-state index contributed by atoms with van der Waals surface area (Å²) >= 11 is 1.18. The second-order valence-corrected chi connectivity index (χ2v) is 6.23. The fourth-order valence-corrected chi connectivity index (χ4v) is 3.34. The number of unbranched alkanes of at least 4 members (excludes halogenated alkanes) is 1. The molecule has 0 spiro atoms. The number of aliphatic hydroxyl groups excluding tert-OH is 1. The third-order valence-electron chi connectivity index (χ3n) is 1.96. The maximum atomic E-state index is 11.5. The third kappa shape index (κ3) is 4.07. The Labute approximate surface area is 99.6 Å². The Balaban J connectivity index is 2.65. The summed E-state index contributed by atoms with van der Waals surface area (Å²) < 4.78 is 25.5. The average molecular weight is 264 g/mol. The number of nitrogens with zero attached hydrogens (tertiary/aromatic N) is 1. The number of aromatic nitrogens is 1. The van der Waals surface area contributed by atoms with Gasteiger partial charge in [0.25, 0.3) is 0 Å². The SMILES string of the molecule is CCCCS(=O)(=O)Nc1nc(C(C)O)cs1. The quantitative estimate of drug-likeness (QED) is 0.820. The second kappa shape index (κ2) is 5.60. The van der Waals surface area contributed by atoms with E-state index in [1.54, 1.807) is 12.3 Å². The molecule has 5 nitrogen and oxygen atoms in total. The first-order valence-corrected chi connectivity index (χ1v) is 7.62. The molecule has 92 valence electrons. The molecule has 1 atom stereocenters. The van der Waals surface area contributed by atoms with Crippen LogP contribution in [0, 0.1) is 0 Å². The predicted octanol–water partition coefficient (Wildman–Crippen LogP) is 1.74. The van der Waals surface area contributed by atoms with Crippen LogP contribution in [0.25, 0.3) is 0 Å². The smallest absolute Gasteiger partial charge is 0.234 e. The molecule has 0 aliphatic carbocycles. The van der Waals surface area contributed by atoms with Crippen molar-refractivity contribution < 1.29 is 13.5 Å². The molecule has 1 unspecified atom stereocenters. The minimum Gasteiger partial charge on any atom is -0.387 e. The molecular weight excluding hydrogens is 248 g/mol. The van der Waals surface area contributed by atoms with E-state index in [-0.39, 0.29) is 5.75 Å². The highest BCUT2D eigenvalue weighted by molar-refractivity contribution is 7.92. The zero-order valence-corrected chi connectivity index (χ0v) is 10.9. The Kier molecular flexibility index (Phi) is 4.69. The summed E-state index contributed by atoms with van der Waals surface area (Å²) in [5.41, 5.74) is 0.484. The van der Waals surface area contributed by atoms with Crippen LogP contribution in [0.2, 0.25) is 0 Å². The molecule has 0 amide bonds. The monoisotopic (exact) mass is 264 g/mol. The largest absolute Gasteiger partial charge is 0.387 e. The summed E-state index contributed by atoms with van der Waals surface area (Å²) in [6, 6.07) is 0. The fourth-order valence-electron chi connectivity index (χ4n) is 1.04.